The predicted molar refractivity (Wildman–Crippen MR) is 50.6 cm³/mol. The van der Waals surface area contributed by atoms with E-state index in [0.29, 0.717) is 13.0 Å². The number of hydrogen-bond donors (Lipinski definition) is 0. The molecule has 1 heterocycles. The van der Waals surface area contributed by atoms with Gasteiger partial charge in [-0.25, -0.2) is 4.98 Å². The van der Waals surface area contributed by atoms with Gasteiger partial charge in [0.15, 0.2) is 0 Å². The second-order valence-corrected chi connectivity index (χ2v) is 2.94. The molecule has 13 heavy (non-hydrogen) atoms. The summed E-state index contributed by atoms with van der Waals surface area (Å²) in [4.78, 5) is 20.7. The molecule has 1 rings (SSSR count). The van der Waals surface area contributed by atoms with E-state index in [1.807, 2.05) is 11.9 Å². The highest BCUT2D eigenvalue weighted by molar-refractivity contribution is 5.76. The van der Waals surface area contributed by atoms with Crippen molar-refractivity contribution in [2.45, 2.75) is 13.3 Å². The van der Waals surface area contributed by atoms with Gasteiger partial charge in [0.2, 0.25) is 0 Å². The second-order valence-electron chi connectivity index (χ2n) is 2.94. The fourth-order valence-electron chi connectivity index (χ4n) is 0.928. The molecule has 0 bridgehead atoms. The number of anilines is 1. The van der Waals surface area contributed by atoms with Crippen LogP contribution in [0.15, 0.2) is 18.6 Å². The van der Waals surface area contributed by atoms with Crippen molar-refractivity contribution < 1.29 is 4.79 Å². The van der Waals surface area contributed by atoms with Crippen molar-refractivity contribution >= 4 is 11.6 Å². The van der Waals surface area contributed by atoms with Crippen LogP contribution in [0.4, 0.5) is 5.82 Å². The van der Waals surface area contributed by atoms with Gasteiger partial charge in [-0.15, -0.1) is 0 Å². The van der Waals surface area contributed by atoms with Gasteiger partial charge < -0.3 is 4.90 Å². The van der Waals surface area contributed by atoms with Gasteiger partial charge in [-0.2, -0.15) is 0 Å². The maximum atomic E-state index is 10.7. The summed E-state index contributed by atoms with van der Waals surface area (Å²) < 4.78 is 0. The summed E-state index contributed by atoms with van der Waals surface area (Å²) in [6.45, 7) is 2.28. The van der Waals surface area contributed by atoms with Gasteiger partial charge >= 0.3 is 0 Å². The van der Waals surface area contributed by atoms with Crippen LogP contribution in [0.5, 0.6) is 0 Å². The third kappa shape index (κ3) is 3.19. The molecule has 0 aliphatic heterocycles. The quantitative estimate of drug-likeness (QED) is 0.688. The lowest BCUT2D eigenvalue weighted by molar-refractivity contribution is -0.116. The number of Topliss-reactive ketones (excluding diaryl/α,β-unsaturated/α-hetero) is 1. The first-order valence-corrected chi connectivity index (χ1v) is 4.16. The average Bonchev–Trinajstić information content (AvgIpc) is 2.15. The summed E-state index contributed by atoms with van der Waals surface area (Å²) in [5, 5.41) is 0. The number of hydrogen-bond acceptors (Lipinski definition) is 4. The third-order valence-electron chi connectivity index (χ3n) is 1.74. The normalized spacial score (nSPS) is 9.69. The number of rotatable bonds is 4. The van der Waals surface area contributed by atoms with Crippen LogP contribution in [0.25, 0.3) is 0 Å². The Hall–Kier alpha value is -1.45. The van der Waals surface area contributed by atoms with Crippen LogP contribution < -0.4 is 4.90 Å². The van der Waals surface area contributed by atoms with Crippen molar-refractivity contribution in [3.8, 4) is 0 Å². The molecule has 0 spiro atoms. The Balaban J connectivity index is 2.49. The van der Waals surface area contributed by atoms with E-state index in [9.17, 15) is 4.79 Å². The van der Waals surface area contributed by atoms with E-state index >= 15 is 0 Å². The standard InChI is InChI=1S/C9H13N3O/c1-8(13)3-6-12(2)9-7-10-4-5-11-9/h4-5,7H,3,6H2,1-2H3. The van der Waals surface area contributed by atoms with E-state index in [1.165, 1.54) is 0 Å². The molecule has 70 valence electrons. The molecule has 0 saturated heterocycles. The SMILES string of the molecule is CC(=O)CCN(C)c1cnccn1. The average molecular weight is 179 g/mol. The number of carbonyl (C=O) groups is 1. The first kappa shape index (κ1) is 9.64. The minimum Gasteiger partial charge on any atom is -0.358 e. The van der Waals surface area contributed by atoms with Crippen LogP contribution in [0, 0.1) is 0 Å². The molecule has 1 aromatic rings. The predicted octanol–water partition coefficient (Wildman–Crippen LogP) is 0.892. The molecule has 4 nitrogen and oxygen atoms in total. The molecule has 1 aromatic heterocycles. The van der Waals surface area contributed by atoms with Gasteiger partial charge in [0, 0.05) is 32.4 Å². The summed E-state index contributed by atoms with van der Waals surface area (Å²) in [5.41, 5.74) is 0. The van der Waals surface area contributed by atoms with Crippen molar-refractivity contribution in [3.05, 3.63) is 18.6 Å². The van der Waals surface area contributed by atoms with Crippen molar-refractivity contribution in [2.75, 3.05) is 18.5 Å². The number of carbonyl (C=O) groups excluding carboxylic acids is 1. The van der Waals surface area contributed by atoms with E-state index in [-0.39, 0.29) is 5.78 Å². The van der Waals surface area contributed by atoms with E-state index in [4.69, 9.17) is 0 Å². The zero-order valence-corrected chi connectivity index (χ0v) is 7.90. The third-order valence-corrected chi connectivity index (χ3v) is 1.74. The first-order valence-electron chi connectivity index (χ1n) is 4.16. The smallest absolute Gasteiger partial charge is 0.146 e. The monoisotopic (exact) mass is 179 g/mol. The van der Waals surface area contributed by atoms with Crippen LogP contribution in [0.2, 0.25) is 0 Å². The number of ketones is 1. The molecule has 0 fully saturated rings. The molecule has 0 aliphatic rings. The van der Waals surface area contributed by atoms with Crippen LogP contribution in [-0.2, 0) is 4.79 Å². The molecule has 0 saturated carbocycles. The Bertz CT molecular complexity index is 273. The molecule has 0 aromatic carbocycles. The van der Waals surface area contributed by atoms with Gasteiger partial charge in [0.05, 0.1) is 6.20 Å². The van der Waals surface area contributed by atoms with E-state index in [0.717, 1.165) is 5.82 Å². The van der Waals surface area contributed by atoms with Crippen molar-refractivity contribution in [3.63, 3.8) is 0 Å². The van der Waals surface area contributed by atoms with Gasteiger partial charge in [-0.1, -0.05) is 0 Å². The van der Waals surface area contributed by atoms with Crippen LogP contribution in [0.1, 0.15) is 13.3 Å². The number of aromatic nitrogens is 2. The van der Waals surface area contributed by atoms with Crippen molar-refractivity contribution in [2.24, 2.45) is 0 Å². The topological polar surface area (TPSA) is 46.1 Å². The summed E-state index contributed by atoms with van der Waals surface area (Å²) in [6, 6.07) is 0. The van der Waals surface area contributed by atoms with E-state index < -0.39 is 0 Å². The van der Waals surface area contributed by atoms with Gasteiger partial charge in [0.25, 0.3) is 0 Å². The highest BCUT2D eigenvalue weighted by atomic mass is 16.1. The summed E-state index contributed by atoms with van der Waals surface area (Å²) in [7, 11) is 1.90. The largest absolute Gasteiger partial charge is 0.358 e. The first-order chi connectivity index (χ1) is 6.20. The Labute approximate surface area is 77.6 Å². The maximum absolute atomic E-state index is 10.7. The van der Waals surface area contributed by atoms with E-state index in [1.54, 1.807) is 25.5 Å². The molecule has 0 unspecified atom stereocenters. The Kier molecular flexibility index (Phi) is 3.37. The van der Waals surface area contributed by atoms with Gasteiger partial charge in [-0.05, 0) is 6.92 Å². The Morgan fingerprint density at radius 3 is 2.85 bits per heavy atom. The minimum atomic E-state index is 0.191. The van der Waals surface area contributed by atoms with Crippen molar-refractivity contribution in [1.82, 2.24) is 9.97 Å². The molecular weight excluding hydrogens is 166 g/mol. The lowest BCUT2D eigenvalue weighted by Crippen LogP contribution is -2.21. The lowest BCUT2D eigenvalue weighted by Gasteiger charge is -2.15. The van der Waals surface area contributed by atoms with Crippen LogP contribution in [-0.4, -0.2) is 29.3 Å². The van der Waals surface area contributed by atoms with Crippen LogP contribution in [0.3, 0.4) is 0 Å². The Morgan fingerprint density at radius 2 is 2.31 bits per heavy atom. The van der Waals surface area contributed by atoms with Gasteiger partial charge in [-0.3, -0.25) is 9.78 Å². The summed E-state index contributed by atoms with van der Waals surface area (Å²) >= 11 is 0. The number of nitrogens with zero attached hydrogens (tertiary/aromatic N) is 3. The Morgan fingerprint density at radius 1 is 1.54 bits per heavy atom. The summed E-state index contributed by atoms with van der Waals surface area (Å²) in [5.74, 6) is 0.986. The summed E-state index contributed by atoms with van der Waals surface area (Å²) in [6.07, 6.45) is 5.50. The van der Waals surface area contributed by atoms with Crippen molar-refractivity contribution in [1.29, 1.82) is 0 Å². The highest BCUT2D eigenvalue weighted by Crippen LogP contribution is 2.04. The van der Waals surface area contributed by atoms with Gasteiger partial charge in [0.1, 0.15) is 11.6 Å². The molecule has 0 atom stereocenters. The molecule has 0 amide bonds. The molecule has 0 aliphatic carbocycles. The second kappa shape index (κ2) is 4.54. The fraction of sp³-hybridized carbons (Fsp3) is 0.444. The maximum Gasteiger partial charge on any atom is 0.146 e. The van der Waals surface area contributed by atoms with E-state index in [2.05, 4.69) is 9.97 Å². The minimum absolute atomic E-state index is 0.191. The van der Waals surface area contributed by atoms with Crippen LogP contribution >= 0.6 is 0 Å². The zero-order valence-electron chi connectivity index (χ0n) is 7.90. The molecule has 4 heteroatoms. The lowest BCUT2D eigenvalue weighted by atomic mass is 10.3. The highest BCUT2D eigenvalue weighted by Gasteiger charge is 2.02. The molecular formula is C9H13N3O. The fourth-order valence-corrected chi connectivity index (χ4v) is 0.928. The molecule has 0 N–H and O–H groups in total. The molecule has 0 radical (unpaired) electrons. The zero-order chi connectivity index (χ0) is 9.68.